The number of carbonyl (C=O) groups is 2. The van der Waals surface area contributed by atoms with Gasteiger partial charge in [0.25, 0.3) is 5.91 Å². The van der Waals surface area contributed by atoms with Crippen molar-refractivity contribution in [2.24, 2.45) is 5.41 Å². The number of ether oxygens (including phenoxy) is 1. The average molecular weight is 416 g/mol. The lowest BCUT2D eigenvalue weighted by Gasteiger charge is -2.34. The molecule has 0 heterocycles. The monoisotopic (exact) mass is 416 g/mol. The molecule has 0 radical (unpaired) electrons. The zero-order chi connectivity index (χ0) is 23.2. The van der Waals surface area contributed by atoms with Crippen LogP contribution in [0.3, 0.4) is 0 Å². The molecule has 9 heteroatoms. The van der Waals surface area contributed by atoms with Gasteiger partial charge < -0.3 is 14.7 Å². The zero-order valence-electron chi connectivity index (χ0n) is 17.6. The first-order valence-corrected chi connectivity index (χ1v) is 8.97. The molecular weight excluding hydrogens is 389 g/mol. The Bertz CT molecular complexity index is 764. The standard InChI is InChI=1S/C18H21F3N2O4.C2H6/c1-10(16(25)26)23(5)15(24)14(17(2,3)4)27-12-7-6-11(9-22)13(8-12)18(19,20)21;1-2/h6-8,10,14H,1-5H3,(H,25,26);1-2H3. The maximum absolute atomic E-state index is 13.1. The van der Waals surface area contributed by atoms with Gasteiger partial charge in [-0.1, -0.05) is 34.6 Å². The molecule has 0 saturated carbocycles. The van der Waals surface area contributed by atoms with Gasteiger partial charge in [0.05, 0.1) is 17.2 Å². The van der Waals surface area contributed by atoms with E-state index in [1.165, 1.54) is 26.1 Å². The second-order valence-electron chi connectivity index (χ2n) is 7.14. The summed E-state index contributed by atoms with van der Waals surface area (Å²) < 4.78 is 44.9. The predicted octanol–water partition coefficient (Wildman–Crippen LogP) is 4.33. The second-order valence-corrected chi connectivity index (χ2v) is 7.14. The normalized spacial score (nSPS) is 13.3. The molecule has 2 unspecified atom stereocenters. The third-order valence-electron chi connectivity index (χ3n) is 3.97. The van der Waals surface area contributed by atoms with Gasteiger partial charge in [-0.25, -0.2) is 4.79 Å². The zero-order valence-corrected chi connectivity index (χ0v) is 17.6. The van der Waals surface area contributed by atoms with Crippen LogP contribution >= 0.6 is 0 Å². The number of hydrogen-bond acceptors (Lipinski definition) is 4. The number of halogens is 3. The Hall–Kier alpha value is -2.76. The summed E-state index contributed by atoms with van der Waals surface area (Å²) in [7, 11) is 1.28. The molecule has 6 nitrogen and oxygen atoms in total. The van der Waals surface area contributed by atoms with E-state index in [1.807, 2.05) is 13.8 Å². The molecule has 0 aliphatic rings. The van der Waals surface area contributed by atoms with Crippen LogP contribution in [0.5, 0.6) is 5.75 Å². The van der Waals surface area contributed by atoms with Crippen LogP contribution in [-0.4, -0.2) is 41.1 Å². The fourth-order valence-electron chi connectivity index (χ4n) is 2.20. The van der Waals surface area contributed by atoms with Crippen LogP contribution < -0.4 is 4.74 Å². The molecule has 162 valence electrons. The molecule has 2 atom stereocenters. The maximum Gasteiger partial charge on any atom is 0.417 e. The Morgan fingerprint density at radius 3 is 2.10 bits per heavy atom. The predicted molar refractivity (Wildman–Crippen MR) is 101 cm³/mol. The molecular formula is C20H27F3N2O4. The molecule has 29 heavy (non-hydrogen) atoms. The summed E-state index contributed by atoms with van der Waals surface area (Å²) in [6.45, 7) is 10.2. The van der Waals surface area contributed by atoms with Gasteiger partial charge in [0.15, 0.2) is 6.10 Å². The Kier molecular flexibility index (Phi) is 9.18. The van der Waals surface area contributed by atoms with Gasteiger partial charge >= 0.3 is 12.1 Å². The highest BCUT2D eigenvalue weighted by Crippen LogP contribution is 2.35. The summed E-state index contributed by atoms with van der Waals surface area (Å²) in [5, 5.41) is 17.9. The Morgan fingerprint density at radius 1 is 1.21 bits per heavy atom. The molecule has 0 spiro atoms. The van der Waals surface area contributed by atoms with Crippen molar-refractivity contribution >= 4 is 11.9 Å². The summed E-state index contributed by atoms with van der Waals surface area (Å²) in [6.07, 6.45) is -6.00. The third kappa shape index (κ3) is 6.97. The van der Waals surface area contributed by atoms with Gasteiger partial charge in [-0.3, -0.25) is 4.79 Å². The number of amides is 1. The molecule has 1 N–H and O–H groups in total. The SMILES string of the molecule is CC.CC(C(=O)O)N(C)C(=O)C(Oc1ccc(C#N)c(C(F)(F)F)c1)C(C)(C)C. The molecule has 1 amide bonds. The van der Waals surface area contributed by atoms with Gasteiger partial charge in [0.1, 0.15) is 11.8 Å². The second kappa shape index (κ2) is 10.1. The van der Waals surface area contributed by atoms with E-state index in [4.69, 9.17) is 15.1 Å². The quantitative estimate of drug-likeness (QED) is 0.772. The average Bonchev–Trinajstić information content (AvgIpc) is 2.64. The number of carboxylic acid groups (broad SMARTS) is 1. The molecule has 1 aromatic carbocycles. The van der Waals surface area contributed by atoms with Gasteiger partial charge in [-0.2, -0.15) is 18.4 Å². The van der Waals surface area contributed by atoms with E-state index < -0.39 is 46.7 Å². The van der Waals surface area contributed by atoms with Crippen molar-refractivity contribution in [2.45, 2.75) is 59.9 Å². The number of carbonyl (C=O) groups excluding carboxylic acids is 1. The lowest BCUT2D eigenvalue weighted by molar-refractivity contribution is -0.154. The Labute approximate surface area is 168 Å². The highest BCUT2D eigenvalue weighted by molar-refractivity contribution is 5.86. The molecule has 0 aliphatic carbocycles. The van der Waals surface area contributed by atoms with Crippen LogP contribution in [0.2, 0.25) is 0 Å². The molecule has 0 aliphatic heterocycles. The first-order valence-electron chi connectivity index (χ1n) is 8.97. The largest absolute Gasteiger partial charge is 0.480 e. The Balaban J connectivity index is 0.00000379. The van der Waals surface area contributed by atoms with Gasteiger partial charge in [-0.05, 0) is 25.1 Å². The number of alkyl halides is 3. The number of likely N-dealkylation sites (N-methyl/N-ethyl adjacent to an activating group) is 1. The number of rotatable bonds is 5. The molecule has 0 saturated heterocycles. The van der Waals surface area contributed by atoms with E-state index in [0.717, 1.165) is 11.0 Å². The molecule has 0 aromatic heterocycles. The highest BCUT2D eigenvalue weighted by atomic mass is 19.4. The number of carboxylic acids is 1. The van der Waals surface area contributed by atoms with Crippen molar-refractivity contribution in [3.05, 3.63) is 29.3 Å². The maximum atomic E-state index is 13.1. The van der Waals surface area contributed by atoms with Crippen molar-refractivity contribution in [1.29, 1.82) is 5.26 Å². The van der Waals surface area contributed by atoms with E-state index >= 15 is 0 Å². The van der Waals surface area contributed by atoms with Crippen molar-refractivity contribution in [3.8, 4) is 11.8 Å². The van der Waals surface area contributed by atoms with E-state index in [1.54, 1.807) is 20.8 Å². The molecule has 1 aromatic rings. The lowest BCUT2D eigenvalue weighted by atomic mass is 9.87. The topological polar surface area (TPSA) is 90.6 Å². The summed E-state index contributed by atoms with van der Waals surface area (Å²) in [5.41, 5.74) is -2.57. The van der Waals surface area contributed by atoms with Gasteiger partial charge in [0.2, 0.25) is 0 Å². The van der Waals surface area contributed by atoms with E-state index in [9.17, 15) is 22.8 Å². The van der Waals surface area contributed by atoms with Crippen molar-refractivity contribution in [2.75, 3.05) is 7.05 Å². The van der Waals surface area contributed by atoms with Crippen LogP contribution in [0.15, 0.2) is 18.2 Å². The smallest absolute Gasteiger partial charge is 0.417 e. The number of nitriles is 1. The van der Waals surface area contributed by atoms with Crippen molar-refractivity contribution in [1.82, 2.24) is 4.90 Å². The van der Waals surface area contributed by atoms with Gasteiger partial charge in [-0.15, -0.1) is 0 Å². The fraction of sp³-hybridized carbons (Fsp3) is 0.550. The number of hydrogen-bond donors (Lipinski definition) is 1. The van der Waals surface area contributed by atoms with Crippen molar-refractivity contribution < 1.29 is 32.6 Å². The fourth-order valence-corrected chi connectivity index (χ4v) is 2.20. The first kappa shape index (κ1) is 26.2. The first-order chi connectivity index (χ1) is 13.2. The summed E-state index contributed by atoms with van der Waals surface area (Å²) in [6, 6.07) is 3.11. The van der Waals surface area contributed by atoms with E-state index in [-0.39, 0.29) is 5.75 Å². The van der Waals surface area contributed by atoms with Crippen LogP contribution in [0, 0.1) is 16.7 Å². The Morgan fingerprint density at radius 2 is 1.72 bits per heavy atom. The molecule has 0 bridgehead atoms. The number of aliphatic carboxylic acids is 1. The summed E-state index contributed by atoms with van der Waals surface area (Å²) in [5.74, 6) is -2.16. The summed E-state index contributed by atoms with van der Waals surface area (Å²) in [4.78, 5) is 24.8. The van der Waals surface area contributed by atoms with Crippen LogP contribution in [0.4, 0.5) is 13.2 Å². The molecule has 1 rings (SSSR count). The van der Waals surface area contributed by atoms with E-state index in [0.29, 0.717) is 6.07 Å². The van der Waals surface area contributed by atoms with Crippen LogP contribution in [-0.2, 0) is 15.8 Å². The van der Waals surface area contributed by atoms with Gasteiger partial charge in [0, 0.05) is 12.5 Å². The van der Waals surface area contributed by atoms with E-state index in [2.05, 4.69) is 0 Å². The lowest BCUT2D eigenvalue weighted by Crippen LogP contribution is -2.51. The number of nitrogens with zero attached hydrogens (tertiary/aromatic N) is 2. The minimum atomic E-state index is -4.76. The minimum Gasteiger partial charge on any atom is -0.480 e. The minimum absolute atomic E-state index is 0.244. The molecule has 0 fully saturated rings. The van der Waals surface area contributed by atoms with Crippen LogP contribution in [0.25, 0.3) is 0 Å². The highest BCUT2D eigenvalue weighted by Gasteiger charge is 2.39. The summed E-state index contributed by atoms with van der Waals surface area (Å²) >= 11 is 0. The van der Waals surface area contributed by atoms with Crippen LogP contribution in [0.1, 0.15) is 52.7 Å². The third-order valence-corrected chi connectivity index (χ3v) is 3.97. The van der Waals surface area contributed by atoms with Crippen molar-refractivity contribution in [3.63, 3.8) is 0 Å². The number of benzene rings is 1.